The predicted octanol–water partition coefficient (Wildman–Crippen LogP) is 5.20. The van der Waals surface area contributed by atoms with Crippen molar-refractivity contribution in [3.05, 3.63) is 76.9 Å². The van der Waals surface area contributed by atoms with Crippen molar-refractivity contribution < 1.29 is 4.79 Å². The lowest BCUT2D eigenvalue weighted by Gasteiger charge is -2.09. The molecule has 1 amide bonds. The van der Waals surface area contributed by atoms with Crippen LogP contribution in [0.3, 0.4) is 0 Å². The highest BCUT2D eigenvalue weighted by molar-refractivity contribution is 9.10. The van der Waals surface area contributed by atoms with Crippen LogP contribution in [0, 0.1) is 0 Å². The molecule has 0 aliphatic heterocycles. The van der Waals surface area contributed by atoms with Crippen LogP contribution in [0.2, 0.25) is 0 Å². The van der Waals surface area contributed by atoms with Crippen molar-refractivity contribution in [3.8, 4) is 0 Å². The molecule has 0 aliphatic carbocycles. The molecule has 0 unspecified atom stereocenters. The van der Waals surface area contributed by atoms with Crippen LogP contribution in [0.4, 0.5) is 5.82 Å². The summed E-state index contributed by atoms with van der Waals surface area (Å²) in [6.07, 6.45) is 3.05. The number of carbonyl (C=O) groups excluding carboxylic acids is 1. The summed E-state index contributed by atoms with van der Waals surface area (Å²) in [5.74, 6) is 1.68. The Hall–Kier alpha value is -2.05. The van der Waals surface area contributed by atoms with E-state index in [-0.39, 0.29) is 5.91 Å². The molecule has 0 fully saturated rings. The number of hydrogen-bond donors (Lipinski definition) is 1. The summed E-state index contributed by atoms with van der Waals surface area (Å²) in [4.78, 5) is 13.4. The summed E-state index contributed by atoms with van der Waals surface area (Å²) in [7, 11) is 0. The Balaban J connectivity index is 1.46. The zero-order chi connectivity index (χ0) is 18.2. The van der Waals surface area contributed by atoms with E-state index in [0.717, 1.165) is 28.0 Å². The van der Waals surface area contributed by atoms with Crippen LogP contribution in [0.1, 0.15) is 18.4 Å². The van der Waals surface area contributed by atoms with Crippen LogP contribution in [0.15, 0.2) is 76.2 Å². The Labute approximate surface area is 166 Å². The molecule has 0 aliphatic rings. The van der Waals surface area contributed by atoms with E-state index in [1.54, 1.807) is 22.6 Å². The number of anilines is 1. The highest BCUT2D eigenvalue weighted by Gasteiger charge is 2.08. The van der Waals surface area contributed by atoms with Gasteiger partial charge in [0.05, 0.1) is 12.7 Å². The predicted molar refractivity (Wildman–Crippen MR) is 111 cm³/mol. The third-order valence-electron chi connectivity index (χ3n) is 3.79. The summed E-state index contributed by atoms with van der Waals surface area (Å²) in [6, 6.07) is 20.2. The van der Waals surface area contributed by atoms with Crippen molar-refractivity contribution in [2.24, 2.45) is 0 Å². The summed E-state index contributed by atoms with van der Waals surface area (Å²) in [6.45, 7) is 0.625. The number of nitrogens with one attached hydrogen (secondary N) is 1. The molecule has 134 valence electrons. The molecule has 0 saturated carbocycles. The number of carbonyl (C=O) groups is 1. The molecule has 1 heterocycles. The van der Waals surface area contributed by atoms with E-state index in [1.807, 2.05) is 48.5 Å². The lowest BCUT2D eigenvalue weighted by atomic mass is 10.2. The SMILES string of the molecule is O=C(CCCSc1ccccc1)Nc1ccnn1Cc1ccc(Br)cc1. The Morgan fingerprint density at radius 1 is 1.08 bits per heavy atom. The number of hydrogen-bond acceptors (Lipinski definition) is 3. The first-order valence-corrected chi connectivity index (χ1v) is 10.2. The largest absolute Gasteiger partial charge is 0.311 e. The van der Waals surface area contributed by atoms with Gasteiger partial charge in [-0.3, -0.25) is 4.79 Å². The first-order valence-electron chi connectivity index (χ1n) is 8.45. The summed E-state index contributed by atoms with van der Waals surface area (Å²) in [5.41, 5.74) is 1.13. The van der Waals surface area contributed by atoms with Crippen LogP contribution < -0.4 is 5.32 Å². The molecule has 3 rings (SSSR count). The van der Waals surface area contributed by atoms with Crippen molar-refractivity contribution in [1.82, 2.24) is 9.78 Å². The van der Waals surface area contributed by atoms with Crippen molar-refractivity contribution in [3.63, 3.8) is 0 Å². The van der Waals surface area contributed by atoms with Crippen molar-refractivity contribution >= 4 is 39.4 Å². The highest BCUT2D eigenvalue weighted by Crippen LogP contribution is 2.19. The fraction of sp³-hybridized carbons (Fsp3) is 0.200. The monoisotopic (exact) mass is 429 g/mol. The van der Waals surface area contributed by atoms with Gasteiger partial charge in [0, 0.05) is 21.9 Å². The van der Waals surface area contributed by atoms with Crippen LogP contribution >= 0.6 is 27.7 Å². The van der Waals surface area contributed by atoms with Gasteiger partial charge in [0.2, 0.25) is 5.91 Å². The van der Waals surface area contributed by atoms with Gasteiger partial charge in [-0.2, -0.15) is 5.10 Å². The van der Waals surface area contributed by atoms with Crippen molar-refractivity contribution in [1.29, 1.82) is 0 Å². The van der Waals surface area contributed by atoms with Gasteiger partial charge in [-0.05, 0) is 42.0 Å². The van der Waals surface area contributed by atoms with E-state index in [1.165, 1.54) is 4.90 Å². The average Bonchev–Trinajstić information content (AvgIpc) is 3.08. The fourth-order valence-corrected chi connectivity index (χ4v) is 3.61. The van der Waals surface area contributed by atoms with E-state index >= 15 is 0 Å². The maximum absolute atomic E-state index is 12.2. The molecule has 2 aromatic carbocycles. The quantitative estimate of drug-likeness (QED) is 0.395. The number of halogens is 1. The summed E-state index contributed by atoms with van der Waals surface area (Å²) in [5, 5.41) is 7.27. The molecule has 0 spiro atoms. The standard InChI is InChI=1S/C20H20BrN3OS/c21-17-10-8-16(9-11-17)15-24-19(12-13-22-24)23-20(25)7-4-14-26-18-5-2-1-3-6-18/h1-3,5-6,8-13H,4,7,14-15H2,(H,23,25). The van der Waals surface area contributed by atoms with Crippen LogP contribution in [0.5, 0.6) is 0 Å². The Bertz CT molecular complexity index is 834. The van der Waals surface area contributed by atoms with Crippen LogP contribution in [0.25, 0.3) is 0 Å². The van der Waals surface area contributed by atoms with Crippen molar-refractivity contribution in [2.75, 3.05) is 11.1 Å². The van der Waals surface area contributed by atoms with E-state index in [2.05, 4.69) is 38.5 Å². The molecule has 1 N–H and O–H groups in total. The van der Waals surface area contributed by atoms with Gasteiger partial charge >= 0.3 is 0 Å². The third-order valence-corrected chi connectivity index (χ3v) is 5.42. The van der Waals surface area contributed by atoms with E-state index < -0.39 is 0 Å². The molecule has 0 radical (unpaired) electrons. The molecule has 3 aromatic rings. The first-order chi connectivity index (χ1) is 12.7. The zero-order valence-electron chi connectivity index (χ0n) is 14.3. The van der Waals surface area contributed by atoms with Crippen LogP contribution in [-0.4, -0.2) is 21.4 Å². The second kappa shape index (κ2) is 9.59. The topological polar surface area (TPSA) is 46.9 Å². The minimum absolute atomic E-state index is 0.0243. The Morgan fingerprint density at radius 2 is 1.85 bits per heavy atom. The number of nitrogens with zero attached hydrogens (tertiary/aromatic N) is 2. The summed E-state index contributed by atoms with van der Waals surface area (Å²) >= 11 is 5.21. The smallest absolute Gasteiger partial charge is 0.225 e. The Morgan fingerprint density at radius 3 is 2.62 bits per heavy atom. The molecular formula is C20H20BrN3OS. The lowest BCUT2D eigenvalue weighted by molar-refractivity contribution is -0.116. The second-order valence-corrected chi connectivity index (χ2v) is 7.90. The molecule has 26 heavy (non-hydrogen) atoms. The highest BCUT2D eigenvalue weighted by atomic mass is 79.9. The fourth-order valence-electron chi connectivity index (χ4n) is 2.47. The van der Waals surface area contributed by atoms with Gasteiger partial charge in [0.15, 0.2) is 0 Å². The molecule has 1 aromatic heterocycles. The van der Waals surface area contributed by atoms with Gasteiger partial charge < -0.3 is 5.32 Å². The zero-order valence-corrected chi connectivity index (χ0v) is 16.7. The first kappa shape index (κ1) is 18.7. The maximum atomic E-state index is 12.2. The molecule has 0 saturated heterocycles. The number of rotatable bonds is 8. The minimum atomic E-state index is 0.0243. The lowest BCUT2D eigenvalue weighted by Crippen LogP contribution is -2.16. The number of amides is 1. The normalized spacial score (nSPS) is 10.7. The second-order valence-electron chi connectivity index (χ2n) is 5.81. The Kier molecular flexibility index (Phi) is 6.91. The number of thioether (sulfide) groups is 1. The maximum Gasteiger partial charge on any atom is 0.225 e. The molecular weight excluding hydrogens is 410 g/mol. The van der Waals surface area contributed by atoms with E-state index in [0.29, 0.717) is 13.0 Å². The molecule has 0 atom stereocenters. The van der Waals surface area contributed by atoms with Gasteiger partial charge in [-0.1, -0.05) is 46.3 Å². The number of aromatic nitrogens is 2. The van der Waals surface area contributed by atoms with Gasteiger partial charge in [-0.15, -0.1) is 11.8 Å². The van der Waals surface area contributed by atoms with E-state index in [4.69, 9.17) is 0 Å². The average molecular weight is 430 g/mol. The van der Waals surface area contributed by atoms with Crippen LogP contribution in [-0.2, 0) is 11.3 Å². The molecule has 4 nitrogen and oxygen atoms in total. The van der Waals surface area contributed by atoms with Gasteiger partial charge in [-0.25, -0.2) is 4.68 Å². The molecule has 6 heteroatoms. The molecule has 0 bridgehead atoms. The van der Waals surface area contributed by atoms with E-state index in [9.17, 15) is 4.79 Å². The number of benzene rings is 2. The van der Waals surface area contributed by atoms with Crippen molar-refractivity contribution in [2.45, 2.75) is 24.3 Å². The van der Waals surface area contributed by atoms with Gasteiger partial charge in [0.1, 0.15) is 5.82 Å². The minimum Gasteiger partial charge on any atom is -0.311 e. The van der Waals surface area contributed by atoms with Gasteiger partial charge in [0.25, 0.3) is 0 Å². The summed E-state index contributed by atoms with van der Waals surface area (Å²) < 4.78 is 2.85. The third kappa shape index (κ3) is 5.75.